The van der Waals surface area contributed by atoms with Gasteiger partial charge in [0.2, 0.25) is 0 Å². The Morgan fingerprint density at radius 2 is 2.04 bits per heavy atom. The van der Waals surface area contributed by atoms with E-state index in [0.717, 1.165) is 36.5 Å². The van der Waals surface area contributed by atoms with E-state index in [2.05, 4.69) is 39.9 Å². The van der Waals surface area contributed by atoms with Crippen LogP contribution in [0.4, 0.5) is 5.82 Å². The number of benzene rings is 1. The number of nitrogens with one attached hydrogen (secondary N) is 2. The largest absolute Gasteiger partial charge is 0.366 e. The Morgan fingerprint density at radius 3 is 2.83 bits per heavy atom. The van der Waals surface area contributed by atoms with Gasteiger partial charge >= 0.3 is 0 Å². The van der Waals surface area contributed by atoms with Crippen LogP contribution in [0, 0.1) is 0 Å². The van der Waals surface area contributed by atoms with Crippen LogP contribution in [0.2, 0.25) is 0 Å². The Hall–Kier alpha value is -2.69. The van der Waals surface area contributed by atoms with Crippen LogP contribution in [-0.4, -0.2) is 29.0 Å². The van der Waals surface area contributed by atoms with Gasteiger partial charge < -0.3 is 10.6 Å². The Labute approximate surface area is 141 Å². The smallest absolute Gasteiger partial charge is 0.270 e. The Morgan fingerprint density at radius 1 is 1.21 bits per heavy atom. The molecule has 1 aliphatic heterocycles. The second-order valence-corrected chi connectivity index (χ2v) is 6.23. The molecule has 1 aromatic carbocycles. The van der Waals surface area contributed by atoms with Crippen molar-refractivity contribution < 1.29 is 4.79 Å². The summed E-state index contributed by atoms with van der Waals surface area (Å²) in [7, 11) is 0. The minimum absolute atomic E-state index is 0.0802. The molecule has 1 amide bonds. The van der Waals surface area contributed by atoms with Crippen LogP contribution in [0.25, 0.3) is 6.08 Å². The molecule has 0 unspecified atom stereocenters. The molecule has 1 saturated carbocycles. The summed E-state index contributed by atoms with van der Waals surface area (Å²) >= 11 is 0. The second-order valence-electron chi connectivity index (χ2n) is 6.23. The third-order valence-electron chi connectivity index (χ3n) is 4.34. The van der Waals surface area contributed by atoms with Gasteiger partial charge in [-0.25, -0.2) is 9.97 Å². The first-order valence-electron chi connectivity index (χ1n) is 8.46. The molecule has 0 spiro atoms. The van der Waals surface area contributed by atoms with E-state index in [1.165, 1.54) is 5.56 Å². The van der Waals surface area contributed by atoms with Gasteiger partial charge in [0, 0.05) is 24.6 Å². The van der Waals surface area contributed by atoms with E-state index in [1.807, 2.05) is 18.2 Å². The Kier molecular flexibility index (Phi) is 3.99. The molecule has 2 heterocycles. The molecule has 5 nitrogen and oxygen atoms in total. The van der Waals surface area contributed by atoms with Crippen molar-refractivity contribution in [1.29, 1.82) is 0 Å². The minimum Gasteiger partial charge on any atom is -0.366 e. The first-order chi connectivity index (χ1) is 11.8. The third-order valence-corrected chi connectivity index (χ3v) is 4.34. The van der Waals surface area contributed by atoms with Crippen LogP contribution >= 0.6 is 0 Å². The molecule has 1 fully saturated rings. The maximum atomic E-state index is 12.1. The van der Waals surface area contributed by atoms with Gasteiger partial charge in [-0.05, 0) is 24.8 Å². The van der Waals surface area contributed by atoms with Crippen molar-refractivity contribution in [1.82, 2.24) is 15.3 Å². The molecule has 2 aromatic rings. The van der Waals surface area contributed by atoms with Crippen molar-refractivity contribution in [3.63, 3.8) is 0 Å². The lowest BCUT2D eigenvalue weighted by Gasteiger charge is -2.19. The summed E-state index contributed by atoms with van der Waals surface area (Å²) in [6.07, 6.45) is 7.16. The second kappa shape index (κ2) is 6.43. The van der Waals surface area contributed by atoms with Gasteiger partial charge in [0.15, 0.2) is 0 Å². The number of carbonyl (C=O) groups excluding carboxylic acids is 1. The van der Waals surface area contributed by atoms with E-state index in [1.54, 1.807) is 0 Å². The summed E-state index contributed by atoms with van der Waals surface area (Å²) in [5, 5.41) is 6.24. The van der Waals surface area contributed by atoms with Gasteiger partial charge in [-0.15, -0.1) is 0 Å². The van der Waals surface area contributed by atoms with Gasteiger partial charge in [-0.3, -0.25) is 4.79 Å². The summed E-state index contributed by atoms with van der Waals surface area (Å²) in [6, 6.07) is 10.2. The van der Waals surface area contributed by atoms with Crippen LogP contribution < -0.4 is 10.6 Å². The van der Waals surface area contributed by atoms with Crippen molar-refractivity contribution in [3.05, 3.63) is 59.1 Å². The highest BCUT2D eigenvalue weighted by Gasteiger charge is 2.31. The summed E-state index contributed by atoms with van der Waals surface area (Å²) < 4.78 is 0. The van der Waals surface area contributed by atoms with Crippen molar-refractivity contribution in [3.8, 4) is 0 Å². The zero-order valence-corrected chi connectivity index (χ0v) is 13.5. The fourth-order valence-electron chi connectivity index (χ4n) is 2.90. The predicted molar refractivity (Wildman–Crippen MR) is 94.0 cm³/mol. The topological polar surface area (TPSA) is 66.9 Å². The molecule has 1 aliphatic carbocycles. The molecule has 0 atom stereocenters. The highest BCUT2D eigenvalue weighted by molar-refractivity contribution is 5.96. The van der Waals surface area contributed by atoms with E-state index >= 15 is 0 Å². The standard InChI is InChI=1S/C19H20N4O/c24-19-16-15(10-12-21-19)18(23-17(22-16)14-8-9-14)20-11-4-7-13-5-2-1-3-6-13/h1-7,14H,8-12H2,(H,21,24)(H,20,22,23)/b7-4+. The number of rotatable bonds is 5. The van der Waals surface area contributed by atoms with E-state index in [0.29, 0.717) is 24.7 Å². The summed E-state index contributed by atoms with van der Waals surface area (Å²) in [5.41, 5.74) is 2.66. The van der Waals surface area contributed by atoms with Gasteiger partial charge in [0.1, 0.15) is 17.3 Å². The highest BCUT2D eigenvalue weighted by atomic mass is 16.1. The average molecular weight is 320 g/mol. The number of amides is 1. The monoisotopic (exact) mass is 320 g/mol. The van der Waals surface area contributed by atoms with Gasteiger partial charge in [0.25, 0.3) is 5.91 Å². The fourth-order valence-corrected chi connectivity index (χ4v) is 2.90. The van der Waals surface area contributed by atoms with Gasteiger partial charge in [-0.1, -0.05) is 42.5 Å². The van der Waals surface area contributed by atoms with Crippen LogP contribution in [0.1, 0.15) is 46.2 Å². The van der Waals surface area contributed by atoms with Gasteiger partial charge in [-0.2, -0.15) is 0 Å². The Balaban J connectivity index is 1.53. The molecule has 4 rings (SSSR count). The van der Waals surface area contributed by atoms with E-state index in [-0.39, 0.29) is 5.91 Å². The highest BCUT2D eigenvalue weighted by Crippen LogP contribution is 2.39. The zero-order chi connectivity index (χ0) is 16.4. The molecule has 24 heavy (non-hydrogen) atoms. The SMILES string of the molecule is O=C1NCCc2c(NC/C=C/c3ccccc3)nc(C3CC3)nc21. The van der Waals surface area contributed by atoms with Crippen molar-refractivity contribution in [2.75, 3.05) is 18.4 Å². The molecule has 0 saturated heterocycles. The van der Waals surface area contributed by atoms with E-state index < -0.39 is 0 Å². The lowest BCUT2D eigenvalue weighted by Crippen LogP contribution is -2.34. The molecule has 1 aromatic heterocycles. The lowest BCUT2D eigenvalue weighted by atomic mass is 10.1. The first-order valence-corrected chi connectivity index (χ1v) is 8.46. The number of carbonyl (C=O) groups is 1. The number of nitrogens with zero attached hydrogens (tertiary/aromatic N) is 2. The number of aromatic nitrogens is 2. The van der Waals surface area contributed by atoms with Crippen LogP contribution in [0.15, 0.2) is 36.4 Å². The van der Waals surface area contributed by atoms with E-state index in [4.69, 9.17) is 4.98 Å². The third kappa shape index (κ3) is 3.15. The summed E-state index contributed by atoms with van der Waals surface area (Å²) in [4.78, 5) is 21.3. The van der Waals surface area contributed by atoms with Crippen LogP contribution in [0.3, 0.4) is 0 Å². The molecular weight excluding hydrogens is 300 g/mol. The van der Waals surface area contributed by atoms with Crippen molar-refractivity contribution in [2.24, 2.45) is 0 Å². The predicted octanol–water partition coefficient (Wildman–Crippen LogP) is 2.77. The van der Waals surface area contributed by atoms with Crippen molar-refractivity contribution in [2.45, 2.75) is 25.2 Å². The molecule has 0 bridgehead atoms. The molecule has 2 N–H and O–H groups in total. The van der Waals surface area contributed by atoms with Gasteiger partial charge in [0.05, 0.1) is 0 Å². The first kappa shape index (κ1) is 14.9. The molecular formula is C19H20N4O. The molecule has 5 heteroatoms. The zero-order valence-electron chi connectivity index (χ0n) is 13.5. The van der Waals surface area contributed by atoms with E-state index in [9.17, 15) is 4.79 Å². The number of fused-ring (bicyclic) bond motifs is 1. The van der Waals surface area contributed by atoms with Crippen LogP contribution in [-0.2, 0) is 6.42 Å². The lowest BCUT2D eigenvalue weighted by molar-refractivity contribution is 0.0940. The number of anilines is 1. The quantitative estimate of drug-likeness (QED) is 0.889. The maximum absolute atomic E-state index is 12.1. The number of hydrogen-bond acceptors (Lipinski definition) is 4. The molecule has 2 aliphatic rings. The average Bonchev–Trinajstić information content (AvgIpc) is 3.45. The number of hydrogen-bond donors (Lipinski definition) is 2. The van der Waals surface area contributed by atoms with Crippen molar-refractivity contribution >= 4 is 17.8 Å². The van der Waals surface area contributed by atoms with Crippen LogP contribution in [0.5, 0.6) is 0 Å². The maximum Gasteiger partial charge on any atom is 0.270 e. The minimum atomic E-state index is -0.0802. The fraction of sp³-hybridized carbons (Fsp3) is 0.316. The molecule has 0 radical (unpaired) electrons. The summed E-state index contributed by atoms with van der Waals surface area (Å²) in [6.45, 7) is 1.32. The summed E-state index contributed by atoms with van der Waals surface area (Å²) in [5.74, 6) is 1.96. The normalized spacial score (nSPS) is 16.8. The molecule has 122 valence electrons. The Bertz CT molecular complexity index is 781.